The van der Waals surface area contributed by atoms with E-state index in [0.29, 0.717) is 18.8 Å². The van der Waals surface area contributed by atoms with E-state index in [2.05, 4.69) is 33.0 Å². The summed E-state index contributed by atoms with van der Waals surface area (Å²) in [7, 11) is 0. The van der Waals surface area contributed by atoms with Gasteiger partial charge >= 0.3 is 0 Å². The van der Waals surface area contributed by atoms with Crippen molar-refractivity contribution < 1.29 is 9.59 Å². The predicted octanol–water partition coefficient (Wildman–Crippen LogP) is 4.85. The fourth-order valence-electron chi connectivity index (χ4n) is 3.12. The molecule has 1 aromatic heterocycles. The summed E-state index contributed by atoms with van der Waals surface area (Å²) in [5.74, 6) is 0.449. The highest BCUT2D eigenvalue weighted by Crippen LogP contribution is 2.26. The topological polar surface area (TPSA) is 67.2 Å². The summed E-state index contributed by atoms with van der Waals surface area (Å²) < 4.78 is 1.76. The SMILES string of the molecule is CCCCC(=O)N(CCC)CC(=O)Nc1cc(C(C)(C)C)nn1-c1ccc(C)cc1. The third kappa shape index (κ3) is 6.44. The molecule has 0 spiro atoms. The summed E-state index contributed by atoms with van der Waals surface area (Å²) in [6, 6.07) is 9.94. The molecule has 164 valence electrons. The molecule has 2 rings (SSSR count). The van der Waals surface area contributed by atoms with E-state index >= 15 is 0 Å². The van der Waals surface area contributed by atoms with Crippen molar-refractivity contribution in [3.8, 4) is 5.69 Å². The van der Waals surface area contributed by atoms with Crippen LogP contribution in [0.15, 0.2) is 30.3 Å². The van der Waals surface area contributed by atoms with Gasteiger partial charge in [-0.2, -0.15) is 5.10 Å². The van der Waals surface area contributed by atoms with Crippen molar-refractivity contribution in [2.24, 2.45) is 0 Å². The van der Waals surface area contributed by atoms with Gasteiger partial charge in [-0.25, -0.2) is 4.68 Å². The van der Waals surface area contributed by atoms with Crippen LogP contribution in [0.2, 0.25) is 0 Å². The lowest BCUT2D eigenvalue weighted by Crippen LogP contribution is -2.38. The van der Waals surface area contributed by atoms with Gasteiger partial charge in [0.25, 0.3) is 0 Å². The Morgan fingerprint density at radius 1 is 1.10 bits per heavy atom. The first kappa shape index (κ1) is 23.6. The van der Waals surface area contributed by atoms with Crippen LogP contribution in [0, 0.1) is 6.92 Å². The largest absolute Gasteiger partial charge is 0.333 e. The molecule has 0 fully saturated rings. The molecule has 0 aliphatic carbocycles. The number of nitrogens with zero attached hydrogens (tertiary/aromatic N) is 3. The van der Waals surface area contributed by atoms with Crippen LogP contribution in [0.3, 0.4) is 0 Å². The zero-order valence-corrected chi connectivity index (χ0v) is 19.3. The van der Waals surface area contributed by atoms with Gasteiger partial charge in [-0.3, -0.25) is 9.59 Å². The molecule has 6 nitrogen and oxygen atoms in total. The number of hydrogen-bond donors (Lipinski definition) is 1. The van der Waals surface area contributed by atoms with Gasteiger partial charge in [0.15, 0.2) is 0 Å². The number of benzene rings is 1. The molecule has 0 aliphatic rings. The first-order chi connectivity index (χ1) is 14.2. The van der Waals surface area contributed by atoms with E-state index in [-0.39, 0.29) is 23.8 Å². The number of amides is 2. The van der Waals surface area contributed by atoms with Gasteiger partial charge in [-0.1, -0.05) is 58.7 Å². The minimum absolute atomic E-state index is 0.0382. The molecule has 1 heterocycles. The van der Waals surface area contributed by atoms with Crippen molar-refractivity contribution in [3.05, 3.63) is 41.6 Å². The molecule has 1 N–H and O–H groups in total. The molecule has 2 aromatic rings. The molecule has 30 heavy (non-hydrogen) atoms. The van der Waals surface area contributed by atoms with Crippen LogP contribution < -0.4 is 5.32 Å². The Morgan fingerprint density at radius 2 is 1.77 bits per heavy atom. The summed E-state index contributed by atoms with van der Waals surface area (Å²) in [5.41, 5.74) is 2.78. The third-order valence-electron chi connectivity index (χ3n) is 4.95. The van der Waals surface area contributed by atoms with Gasteiger partial charge in [0, 0.05) is 24.4 Å². The summed E-state index contributed by atoms with van der Waals surface area (Å²) in [6.45, 7) is 13.0. The van der Waals surface area contributed by atoms with Crippen LogP contribution in [0.25, 0.3) is 5.69 Å². The van der Waals surface area contributed by atoms with Gasteiger partial charge in [-0.15, -0.1) is 0 Å². The number of aryl methyl sites for hydroxylation is 1. The number of nitrogens with one attached hydrogen (secondary N) is 1. The lowest BCUT2D eigenvalue weighted by Gasteiger charge is -2.21. The summed E-state index contributed by atoms with van der Waals surface area (Å²) in [5, 5.41) is 7.73. The Hall–Kier alpha value is -2.63. The number of hydrogen-bond acceptors (Lipinski definition) is 3. The molecular formula is C24H36N4O2. The maximum absolute atomic E-state index is 12.8. The highest BCUT2D eigenvalue weighted by atomic mass is 16.2. The molecule has 0 saturated heterocycles. The normalized spacial score (nSPS) is 11.4. The highest BCUT2D eigenvalue weighted by molar-refractivity contribution is 5.94. The summed E-state index contributed by atoms with van der Waals surface area (Å²) in [4.78, 5) is 26.9. The van der Waals surface area contributed by atoms with E-state index in [1.807, 2.05) is 44.2 Å². The second kappa shape index (κ2) is 10.4. The van der Waals surface area contributed by atoms with Crippen LogP contribution in [0.4, 0.5) is 5.82 Å². The lowest BCUT2D eigenvalue weighted by atomic mass is 9.92. The van der Waals surface area contributed by atoms with Crippen molar-refractivity contribution in [2.45, 2.75) is 72.6 Å². The van der Waals surface area contributed by atoms with Crippen LogP contribution in [-0.2, 0) is 15.0 Å². The molecule has 2 amide bonds. The zero-order chi connectivity index (χ0) is 22.3. The zero-order valence-electron chi connectivity index (χ0n) is 19.3. The van der Waals surface area contributed by atoms with E-state index < -0.39 is 0 Å². The Morgan fingerprint density at radius 3 is 2.33 bits per heavy atom. The Bertz CT molecular complexity index is 847. The number of carbonyl (C=O) groups excluding carboxylic acids is 2. The number of carbonyl (C=O) groups is 2. The smallest absolute Gasteiger partial charge is 0.245 e. The van der Waals surface area contributed by atoms with Crippen molar-refractivity contribution in [3.63, 3.8) is 0 Å². The molecule has 0 radical (unpaired) electrons. The molecule has 0 bridgehead atoms. The molecule has 1 aromatic carbocycles. The Labute approximate surface area is 180 Å². The average Bonchev–Trinajstić information content (AvgIpc) is 3.10. The minimum Gasteiger partial charge on any atom is -0.333 e. The minimum atomic E-state index is -0.206. The van der Waals surface area contributed by atoms with Crippen LogP contribution >= 0.6 is 0 Å². The van der Waals surface area contributed by atoms with E-state index in [0.717, 1.165) is 36.2 Å². The van der Waals surface area contributed by atoms with Crippen molar-refractivity contribution >= 4 is 17.6 Å². The van der Waals surface area contributed by atoms with Crippen LogP contribution in [0.1, 0.15) is 71.6 Å². The lowest BCUT2D eigenvalue weighted by molar-refractivity contribution is -0.134. The molecule has 0 unspecified atom stereocenters. The third-order valence-corrected chi connectivity index (χ3v) is 4.95. The first-order valence-corrected chi connectivity index (χ1v) is 10.9. The van der Waals surface area contributed by atoms with Crippen molar-refractivity contribution in [1.82, 2.24) is 14.7 Å². The van der Waals surface area contributed by atoms with Crippen molar-refractivity contribution in [1.29, 1.82) is 0 Å². The summed E-state index contributed by atoms with van der Waals surface area (Å²) >= 11 is 0. The Kier molecular flexibility index (Phi) is 8.21. The fraction of sp³-hybridized carbons (Fsp3) is 0.542. The standard InChI is InChI=1S/C24H36N4O2/c1-7-9-10-23(30)27(15-8-2)17-22(29)25-21-16-20(24(4,5)6)26-28(21)19-13-11-18(3)12-14-19/h11-14,16H,7-10,15,17H2,1-6H3,(H,25,29). The monoisotopic (exact) mass is 412 g/mol. The van der Waals surface area contributed by atoms with E-state index in [9.17, 15) is 9.59 Å². The molecule has 0 atom stereocenters. The molecular weight excluding hydrogens is 376 g/mol. The second-order valence-corrected chi connectivity index (χ2v) is 8.88. The number of unbranched alkanes of at least 4 members (excludes halogenated alkanes) is 1. The quantitative estimate of drug-likeness (QED) is 0.640. The summed E-state index contributed by atoms with van der Waals surface area (Å²) in [6.07, 6.45) is 3.11. The van der Waals surface area contributed by atoms with Crippen molar-refractivity contribution in [2.75, 3.05) is 18.4 Å². The number of aromatic nitrogens is 2. The Balaban J connectivity index is 2.24. The van der Waals surface area contributed by atoms with E-state index in [4.69, 9.17) is 5.10 Å². The van der Waals surface area contributed by atoms with Crippen LogP contribution in [0.5, 0.6) is 0 Å². The van der Waals surface area contributed by atoms with Gasteiger partial charge in [0.2, 0.25) is 11.8 Å². The van der Waals surface area contributed by atoms with Gasteiger partial charge in [-0.05, 0) is 31.9 Å². The number of anilines is 1. The van der Waals surface area contributed by atoms with Gasteiger partial charge < -0.3 is 10.2 Å². The number of rotatable bonds is 9. The van der Waals surface area contributed by atoms with Crippen LogP contribution in [-0.4, -0.2) is 39.6 Å². The molecule has 0 saturated carbocycles. The highest BCUT2D eigenvalue weighted by Gasteiger charge is 2.22. The van der Waals surface area contributed by atoms with Gasteiger partial charge in [0.1, 0.15) is 5.82 Å². The average molecular weight is 413 g/mol. The maximum atomic E-state index is 12.8. The maximum Gasteiger partial charge on any atom is 0.245 e. The molecule has 6 heteroatoms. The van der Waals surface area contributed by atoms with E-state index in [1.54, 1.807) is 9.58 Å². The first-order valence-electron chi connectivity index (χ1n) is 10.9. The fourth-order valence-corrected chi connectivity index (χ4v) is 3.12. The predicted molar refractivity (Wildman–Crippen MR) is 122 cm³/mol. The van der Waals surface area contributed by atoms with E-state index in [1.165, 1.54) is 0 Å². The van der Waals surface area contributed by atoms with Gasteiger partial charge in [0.05, 0.1) is 17.9 Å². The molecule has 0 aliphatic heterocycles. The second-order valence-electron chi connectivity index (χ2n) is 8.88.